The summed E-state index contributed by atoms with van der Waals surface area (Å²) in [6.07, 6.45) is 4.34. The van der Waals surface area contributed by atoms with Gasteiger partial charge in [0.25, 0.3) is 0 Å². The van der Waals surface area contributed by atoms with Crippen molar-refractivity contribution < 1.29 is 8.78 Å². The number of nitrogens with one attached hydrogen (secondary N) is 2. The molecule has 0 fully saturated rings. The van der Waals surface area contributed by atoms with Crippen LogP contribution in [0.4, 0.5) is 20.5 Å². The maximum absolute atomic E-state index is 13.4. The molecule has 3 rings (SSSR count). The summed E-state index contributed by atoms with van der Waals surface area (Å²) in [6, 6.07) is 9.17. The normalized spacial score (nSPS) is 11.9. The average Bonchev–Trinajstić information content (AvgIpc) is 2.66. The van der Waals surface area contributed by atoms with E-state index < -0.39 is 11.6 Å². The Balaban J connectivity index is 1.87. The van der Waals surface area contributed by atoms with Crippen molar-refractivity contribution in [3.63, 3.8) is 0 Å². The molecule has 0 saturated heterocycles. The van der Waals surface area contributed by atoms with Crippen LogP contribution in [0.15, 0.2) is 48.8 Å². The Morgan fingerprint density at radius 1 is 1.07 bits per heavy atom. The zero-order valence-electron chi connectivity index (χ0n) is 15.2. The maximum atomic E-state index is 13.4. The highest BCUT2D eigenvalue weighted by molar-refractivity contribution is 5.63. The summed E-state index contributed by atoms with van der Waals surface area (Å²) in [6.45, 7) is 4.35. The van der Waals surface area contributed by atoms with Crippen LogP contribution in [-0.2, 0) is 6.54 Å². The molecular formula is C20H21F2N5. The van der Waals surface area contributed by atoms with Crippen LogP contribution in [-0.4, -0.2) is 21.0 Å². The van der Waals surface area contributed by atoms with Gasteiger partial charge in [0.2, 0.25) is 5.95 Å². The lowest BCUT2D eigenvalue weighted by molar-refractivity contribution is 0.580. The molecule has 0 unspecified atom stereocenters. The van der Waals surface area contributed by atoms with E-state index in [1.807, 2.05) is 19.1 Å². The fourth-order valence-corrected chi connectivity index (χ4v) is 2.49. The van der Waals surface area contributed by atoms with Crippen molar-refractivity contribution in [2.24, 2.45) is 0 Å². The molecule has 5 nitrogen and oxygen atoms in total. The fraction of sp³-hybridized carbons (Fsp3) is 0.250. The third-order valence-corrected chi connectivity index (χ3v) is 4.07. The highest BCUT2D eigenvalue weighted by Crippen LogP contribution is 2.22. The van der Waals surface area contributed by atoms with E-state index in [1.165, 1.54) is 12.1 Å². The van der Waals surface area contributed by atoms with E-state index in [-0.39, 0.29) is 12.6 Å². The zero-order chi connectivity index (χ0) is 19.2. The molecule has 0 radical (unpaired) electrons. The summed E-state index contributed by atoms with van der Waals surface area (Å²) in [7, 11) is 0. The molecule has 2 heterocycles. The molecule has 1 atom stereocenters. The second kappa shape index (κ2) is 8.53. The zero-order valence-corrected chi connectivity index (χ0v) is 15.2. The molecule has 0 saturated carbocycles. The largest absolute Gasteiger partial charge is 0.366 e. The number of halogens is 2. The van der Waals surface area contributed by atoms with Gasteiger partial charge in [0.15, 0.2) is 0 Å². The summed E-state index contributed by atoms with van der Waals surface area (Å²) < 4.78 is 26.8. The Kier molecular flexibility index (Phi) is 5.90. The maximum Gasteiger partial charge on any atom is 0.225 e. The minimum atomic E-state index is -0.607. The van der Waals surface area contributed by atoms with Crippen LogP contribution in [0.1, 0.15) is 25.8 Å². The minimum Gasteiger partial charge on any atom is -0.366 e. The van der Waals surface area contributed by atoms with Crippen LogP contribution in [0.5, 0.6) is 0 Å². The van der Waals surface area contributed by atoms with Crippen molar-refractivity contribution in [2.45, 2.75) is 32.9 Å². The van der Waals surface area contributed by atoms with E-state index >= 15 is 0 Å². The Morgan fingerprint density at radius 3 is 2.52 bits per heavy atom. The molecular weight excluding hydrogens is 348 g/mol. The van der Waals surface area contributed by atoms with Crippen molar-refractivity contribution >= 4 is 11.8 Å². The Morgan fingerprint density at radius 2 is 1.85 bits per heavy atom. The molecule has 0 aliphatic rings. The number of benzene rings is 1. The first-order chi connectivity index (χ1) is 13.0. The molecule has 2 N–H and O–H groups in total. The van der Waals surface area contributed by atoms with Gasteiger partial charge >= 0.3 is 0 Å². The number of rotatable bonds is 7. The third kappa shape index (κ3) is 5.20. The van der Waals surface area contributed by atoms with E-state index in [1.54, 1.807) is 18.5 Å². The van der Waals surface area contributed by atoms with Crippen LogP contribution in [0.2, 0.25) is 0 Å². The van der Waals surface area contributed by atoms with Crippen molar-refractivity contribution in [1.29, 1.82) is 0 Å². The number of nitrogens with zero attached hydrogens (tertiary/aromatic N) is 3. The van der Waals surface area contributed by atoms with E-state index in [0.29, 0.717) is 23.0 Å². The molecule has 3 aromatic rings. The van der Waals surface area contributed by atoms with Gasteiger partial charge in [-0.15, -0.1) is 0 Å². The van der Waals surface area contributed by atoms with Gasteiger partial charge in [-0.3, -0.25) is 4.98 Å². The van der Waals surface area contributed by atoms with Crippen molar-refractivity contribution in [3.8, 4) is 11.3 Å². The molecule has 0 aliphatic heterocycles. The average molecular weight is 369 g/mol. The van der Waals surface area contributed by atoms with Crippen LogP contribution >= 0.6 is 0 Å². The topological polar surface area (TPSA) is 62.7 Å². The molecule has 27 heavy (non-hydrogen) atoms. The third-order valence-electron chi connectivity index (χ3n) is 4.07. The monoisotopic (exact) mass is 369 g/mol. The summed E-state index contributed by atoms with van der Waals surface area (Å²) >= 11 is 0. The lowest BCUT2D eigenvalue weighted by atomic mass is 10.2. The van der Waals surface area contributed by atoms with Gasteiger partial charge < -0.3 is 10.6 Å². The number of pyridine rings is 1. The number of hydrogen-bond donors (Lipinski definition) is 2. The molecule has 7 heteroatoms. The summed E-state index contributed by atoms with van der Waals surface area (Å²) in [4.78, 5) is 13.1. The Bertz CT molecular complexity index is 882. The van der Waals surface area contributed by atoms with Crippen LogP contribution in [0.25, 0.3) is 11.3 Å². The standard InChI is InChI=1S/C20H21F2N5/c1-3-13(2)25-20-26-18(15-5-4-6-23-12-15)10-19(27-20)24-11-14-7-16(21)9-17(22)8-14/h4-10,12-13H,3,11H2,1-2H3,(H2,24,25,26,27)/t13-/m1/s1. The Labute approximate surface area is 156 Å². The van der Waals surface area contributed by atoms with Crippen molar-refractivity contribution in [1.82, 2.24) is 15.0 Å². The predicted octanol–water partition coefficient (Wildman–Crippen LogP) is 4.64. The molecule has 140 valence electrons. The van der Waals surface area contributed by atoms with E-state index in [9.17, 15) is 8.78 Å². The molecule has 0 amide bonds. The SMILES string of the molecule is CC[C@@H](C)Nc1nc(NCc2cc(F)cc(F)c2)cc(-c2cccnc2)n1. The highest BCUT2D eigenvalue weighted by Gasteiger charge is 2.09. The van der Waals surface area contributed by atoms with E-state index in [4.69, 9.17) is 0 Å². The van der Waals surface area contributed by atoms with Crippen molar-refractivity contribution in [3.05, 3.63) is 66.0 Å². The van der Waals surface area contributed by atoms with E-state index in [0.717, 1.165) is 18.1 Å². The van der Waals surface area contributed by atoms with Gasteiger partial charge in [-0.2, -0.15) is 4.98 Å². The minimum absolute atomic E-state index is 0.208. The lowest BCUT2D eigenvalue weighted by Crippen LogP contribution is -2.16. The smallest absolute Gasteiger partial charge is 0.225 e. The number of aromatic nitrogens is 3. The predicted molar refractivity (Wildman–Crippen MR) is 102 cm³/mol. The lowest BCUT2D eigenvalue weighted by Gasteiger charge is -2.14. The second-order valence-corrected chi connectivity index (χ2v) is 6.29. The van der Waals surface area contributed by atoms with Gasteiger partial charge in [0.1, 0.15) is 17.5 Å². The van der Waals surface area contributed by atoms with Crippen LogP contribution < -0.4 is 10.6 Å². The summed E-state index contributed by atoms with van der Waals surface area (Å²) in [5.74, 6) is -0.174. The first kappa shape index (κ1) is 18.7. The highest BCUT2D eigenvalue weighted by atomic mass is 19.1. The molecule has 0 spiro atoms. The quantitative estimate of drug-likeness (QED) is 0.635. The summed E-state index contributed by atoms with van der Waals surface area (Å²) in [5.41, 5.74) is 2.05. The second-order valence-electron chi connectivity index (χ2n) is 6.29. The van der Waals surface area contributed by atoms with Gasteiger partial charge in [-0.25, -0.2) is 13.8 Å². The van der Waals surface area contributed by atoms with Gasteiger partial charge in [0, 0.05) is 42.7 Å². The molecule has 0 bridgehead atoms. The number of hydrogen-bond acceptors (Lipinski definition) is 5. The van der Waals surface area contributed by atoms with Crippen LogP contribution in [0, 0.1) is 11.6 Å². The molecule has 2 aromatic heterocycles. The first-order valence-electron chi connectivity index (χ1n) is 8.78. The molecule has 1 aromatic carbocycles. The molecule has 0 aliphatic carbocycles. The van der Waals surface area contributed by atoms with Crippen LogP contribution in [0.3, 0.4) is 0 Å². The fourth-order valence-electron chi connectivity index (χ4n) is 2.49. The van der Waals surface area contributed by atoms with Gasteiger partial charge in [0.05, 0.1) is 5.69 Å². The first-order valence-corrected chi connectivity index (χ1v) is 8.78. The van der Waals surface area contributed by atoms with Gasteiger partial charge in [-0.05, 0) is 43.2 Å². The van der Waals surface area contributed by atoms with Gasteiger partial charge in [-0.1, -0.05) is 6.92 Å². The van der Waals surface area contributed by atoms with E-state index in [2.05, 4.69) is 32.5 Å². The summed E-state index contributed by atoms with van der Waals surface area (Å²) in [5, 5.41) is 6.37. The number of anilines is 2. The Hall–Kier alpha value is -3.09. The van der Waals surface area contributed by atoms with Crippen molar-refractivity contribution in [2.75, 3.05) is 10.6 Å².